The Bertz CT molecular complexity index is 1050. The van der Waals surface area contributed by atoms with Gasteiger partial charge in [0.05, 0.1) is 38.2 Å². The number of nitrogens with zero attached hydrogens (tertiary/aromatic N) is 3. The Morgan fingerprint density at radius 3 is 2.39 bits per heavy atom. The molecule has 38 heavy (non-hydrogen) atoms. The molecule has 9 heteroatoms. The Morgan fingerprint density at radius 1 is 1.03 bits per heavy atom. The molecule has 3 aliphatic heterocycles. The summed E-state index contributed by atoms with van der Waals surface area (Å²) in [6, 6.07) is 7.04. The van der Waals surface area contributed by atoms with Gasteiger partial charge in [0.25, 0.3) is 0 Å². The number of methoxy groups -OCH3 is 1. The number of hydrogen-bond acceptors (Lipinski definition) is 7. The summed E-state index contributed by atoms with van der Waals surface area (Å²) in [5, 5.41) is 0. The number of ether oxygens (including phenoxy) is 3. The van der Waals surface area contributed by atoms with Crippen LogP contribution in [0.5, 0.6) is 5.75 Å². The van der Waals surface area contributed by atoms with Crippen LogP contribution in [0.4, 0.5) is 4.79 Å². The fourth-order valence-corrected chi connectivity index (χ4v) is 6.02. The van der Waals surface area contributed by atoms with Crippen molar-refractivity contribution in [2.24, 2.45) is 17.8 Å². The molecule has 1 aromatic rings. The van der Waals surface area contributed by atoms with E-state index in [0.717, 1.165) is 11.3 Å². The van der Waals surface area contributed by atoms with Crippen LogP contribution in [0.15, 0.2) is 36.4 Å². The average Bonchev–Trinajstić information content (AvgIpc) is 3.28. The van der Waals surface area contributed by atoms with E-state index in [1.807, 2.05) is 52.1 Å². The lowest BCUT2D eigenvalue weighted by Crippen LogP contribution is -2.59. The Hall–Kier alpha value is -2.91. The third kappa shape index (κ3) is 5.89. The Labute approximate surface area is 225 Å². The normalized spacial score (nSPS) is 29.2. The van der Waals surface area contributed by atoms with Crippen molar-refractivity contribution in [2.45, 2.75) is 57.9 Å². The Morgan fingerprint density at radius 2 is 1.74 bits per heavy atom. The van der Waals surface area contributed by atoms with Crippen molar-refractivity contribution in [3.05, 3.63) is 42.0 Å². The zero-order valence-electron chi connectivity index (χ0n) is 23.4. The van der Waals surface area contributed by atoms with Gasteiger partial charge in [-0.25, -0.2) is 4.79 Å². The number of imide groups is 1. The average molecular weight is 528 g/mol. The number of allylic oxidation sites excluding steroid dienone is 1. The maximum atomic E-state index is 13.6. The highest BCUT2D eigenvalue weighted by molar-refractivity contribution is 6.05. The van der Waals surface area contributed by atoms with Gasteiger partial charge in [-0.1, -0.05) is 24.3 Å². The molecule has 0 aliphatic carbocycles. The van der Waals surface area contributed by atoms with Crippen molar-refractivity contribution in [3.8, 4) is 5.75 Å². The van der Waals surface area contributed by atoms with Crippen LogP contribution in [0.25, 0.3) is 0 Å². The van der Waals surface area contributed by atoms with Crippen molar-refractivity contribution in [2.75, 3.05) is 40.9 Å². The van der Waals surface area contributed by atoms with Crippen LogP contribution in [0.1, 0.15) is 39.2 Å². The first kappa shape index (κ1) is 28.1. The predicted molar refractivity (Wildman–Crippen MR) is 142 cm³/mol. The van der Waals surface area contributed by atoms with Crippen LogP contribution in [-0.4, -0.2) is 91.2 Å². The van der Waals surface area contributed by atoms with E-state index in [4.69, 9.17) is 14.2 Å². The summed E-state index contributed by atoms with van der Waals surface area (Å²) in [4.78, 5) is 44.9. The van der Waals surface area contributed by atoms with Gasteiger partial charge in [0.2, 0.25) is 11.8 Å². The van der Waals surface area contributed by atoms with Crippen LogP contribution in [-0.2, 0) is 25.7 Å². The molecule has 5 atom stereocenters. The number of carbonyl (C=O) groups excluding carboxylic acids is 3. The summed E-state index contributed by atoms with van der Waals surface area (Å²) in [7, 11) is 5.14. The van der Waals surface area contributed by atoms with Gasteiger partial charge >= 0.3 is 6.09 Å². The lowest BCUT2D eigenvalue weighted by atomic mass is 9.80. The third-order valence-electron chi connectivity index (χ3n) is 7.78. The van der Waals surface area contributed by atoms with Crippen LogP contribution in [0.2, 0.25) is 0 Å². The van der Waals surface area contributed by atoms with Gasteiger partial charge < -0.3 is 19.1 Å². The van der Waals surface area contributed by atoms with Gasteiger partial charge in [-0.05, 0) is 58.4 Å². The third-order valence-corrected chi connectivity index (χ3v) is 7.78. The molecule has 2 fully saturated rings. The van der Waals surface area contributed by atoms with E-state index in [1.54, 1.807) is 19.1 Å². The quantitative estimate of drug-likeness (QED) is 0.414. The fraction of sp³-hybridized carbons (Fsp3) is 0.621. The zero-order chi connectivity index (χ0) is 27.6. The van der Waals surface area contributed by atoms with Crippen molar-refractivity contribution in [3.63, 3.8) is 0 Å². The molecule has 208 valence electrons. The monoisotopic (exact) mass is 527 g/mol. The second-order valence-corrected chi connectivity index (χ2v) is 11.6. The number of likely N-dealkylation sites (N-methyl/N-ethyl adjacent to an activating group) is 1. The molecular weight excluding hydrogens is 486 g/mol. The smallest absolute Gasteiger partial charge is 0.410 e. The molecular formula is C29H41N3O6. The molecule has 4 rings (SSSR count). The molecule has 0 radical (unpaired) electrons. The maximum Gasteiger partial charge on any atom is 0.410 e. The molecule has 3 amide bonds. The van der Waals surface area contributed by atoms with Crippen LogP contribution < -0.4 is 4.74 Å². The number of rotatable bonds is 6. The topological polar surface area (TPSA) is 88.6 Å². The number of likely N-dealkylation sites (tertiary alicyclic amines) is 2. The maximum absolute atomic E-state index is 13.6. The first-order valence-corrected chi connectivity index (χ1v) is 13.4. The number of carbonyl (C=O) groups is 3. The second-order valence-electron chi connectivity index (χ2n) is 11.6. The van der Waals surface area contributed by atoms with Crippen molar-refractivity contribution in [1.82, 2.24) is 14.7 Å². The highest BCUT2D eigenvalue weighted by Gasteiger charge is 2.59. The number of amides is 3. The zero-order valence-corrected chi connectivity index (χ0v) is 23.4. The van der Waals surface area contributed by atoms with Gasteiger partial charge in [0, 0.05) is 32.1 Å². The molecule has 9 nitrogen and oxygen atoms in total. The summed E-state index contributed by atoms with van der Waals surface area (Å²) < 4.78 is 17.3. The molecule has 0 bridgehead atoms. The number of benzene rings is 1. The lowest BCUT2D eigenvalue weighted by Gasteiger charge is -2.44. The first-order chi connectivity index (χ1) is 18.0. The predicted octanol–water partition coefficient (Wildman–Crippen LogP) is 3.33. The van der Waals surface area contributed by atoms with Crippen molar-refractivity contribution < 1.29 is 28.6 Å². The molecule has 0 saturated carbocycles. The van der Waals surface area contributed by atoms with Gasteiger partial charge in [-0.3, -0.25) is 19.4 Å². The summed E-state index contributed by atoms with van der Waals surface area (Å²) >= 11 is 0. The Kier molecular flexibility index (Phi) is 8.47. The van der Waals surface area contributed by atoms with E-state index in [-0.39, 0.29) is 29.8 Å². The number of fused-ring (bicyclic) bond motifs is 1. The highest BCUT2D eigenvalue weighted by atomic mass is 16.6. The van der Waals surface area contributed by atoms with Gasteiger partial charge in [0.15, 0.2) is 0 Å². The molecule has 0 N–H and O–H groups in total. The molecule has 1 aromatic carbocycles. The van der Waals surface area contributed by atoms with Gasteiger partial charge in [-0.15, -0.1) is 0 Å². The first-order valence-electron chi connectivity index (χ1n) is 13.4. The summed E-state index contributed by atoms with van der Waals surface area (Å²) in [6.45, 7) is 7.31. The largest absolute Gasteiger partial charge is 0.497 e. The van der Waals surface area contributed by atoms with Gasteiger partial charge in [-0.2, -0.15) is 0 Å². The molecule has 0 aromatic heterocycles. The van der Waals surface area contributed by atoms with Crippen LogP contribution in [0.3, 0.4) is 0 Å². The van der Waals surface area contributed by atoms with E-state index >= 15 is 0 Å². The van der Waals surface area contributed by atoms with E-state index in [1.165, 1.54) is 4.90 Å². The van der Waals surface area contributed by atoms with Crippen molar-refractivity contribution in [1.29, 1.82) is 0 Å². The SMILES string of the molecule is COc1ccc(COC[C@@H]2C/C=C\CCN(C(=O)OC(C)(C)C)[C@@H]2C2C3C(=O)N(C)C(=O)C3CN2C)cc1. The fourth-order valence-electron chi connectivity index (χ4n) is 6.02. The van der Waals surface area contributed by atoms with E-state index in [2.05, 4.69) is 17.1 Å². The summed E-state index contributed by atoms with van der Waals surface area (Å²) in [5.41, 5.74) is 0.355. The van der Waals surface area contributed by atoms with E-state index < -0.39 is 23.5 Å². The van der Waals surface area contributed by atoms with E-state index in [0.29, 0.717) is 39.1 Å². The molecule has 2 saturated heterocycles. The Balaban J connectivity index is 1.64. The van der Waals surface area contributed by atoms with Crippen molar-refractivity contribution >= 4 is 17.9 Å². The minimum atomic E-state index is -0.663. The minimum absolute atomic E-state index is 0.0997. The van der Waals surface area contributed by atoms with E-state index in [9.17, 15) is 14.4 Å². The van der Waals surface area contributed by atoms with Crippen LogP contribution in [0, 0.1) is 17.8 Å². The summed E-state index contributed by atoms with van der Waals surface area (Å²) in [5.74, 6) is -0.529. The molecule has 3 heterocycles. The minimum Gasteiger partial charge on any atom is -0.497 e. The van der Waals surface area contributed by atoms with Crippen LogP contribution >= 0.6 is 0 Å². The molecule has 0 spiro atoms. The van der Waals surface area contributed by atoms with Gasteiger partial charge in [0.1, 0.15) is 11.4 Å². The molecule has 3 unspecified atom stereocenters. The molecule has 3 aliphatic rings. The second kappa shape index (κ2) is 11.5. The lowest BCUT2D eigenvalue weighted by molar-refractivity contribution is -0.140. The summed E-state index contributed by atoms with van der Waals surface area (Å²) in [6.07, 6.45) is 5.20. The number of hydrogen-bond donors (Lipinski definition) is 0. The highest BCUT2D eigenvalue weighted by Crippen LogP contribution is 2.42. The standard InChI is InChI=1S/C29H41N3O6/c1-29(2,3)38-28(35)32-15-9-7-8-10-20(18-37-17-19-11-13-21(36-6)14-12-19)24(32)25-23-22(16-30(25)4)26(33)31(5)27(23)34/h7-8,11-14,20,22-25H,9-10,15-18H2,1-6H3/b8-7-/t20-,22?,23?,24-,25?/m0/s1.